The van der Waals surface area contributed by atoms with Crippen LogP contribution in [-0.2, 0) is 6.54 Å². The fourth-order valence-electron chi connectivity index (χ4n) is 1.87. The van der Waals surface area contributed by atoms with Crippen LogP contribution in [-0.4, -0.2) is 19.0 Å². The third-order valence-electron chi connectivity index (χ3n) is 3.09. The van der Waals surface area contributed by atoms with Gasteiger partial charge in [-0.3, -0.25) is 4.99 Å². The first-order valence-electron chi connectivity index (χ1n) is 7.13. The first kappa shape index (κ1) is 15.5. The minimum atomic E-state index is 0.448. The molecular weight excluding hydrogens is 234 g/mol. The van der Waals surface area contributed by atoms with Gasteiger partial charge in [-0.2, -0.15) is 0 Å². The molecular formula is C16H27N3. The second-order valence-corrected chi connectivity index (χ2v) is 5.43. The predicted octanol–water partition coefficient (Wildman–Crippen LogP) is 3.18. The lowest BCUT2D eigenvalue weighted by Gasteiger charge is -2.18. The molecule has 0 aliphatic carbocycles. The zero-order valence-electron chi connectivity index (χ0n) is 12.6. The molecule has 0 bridgehead atoms. The number of hydrogen-bond donors (Lipinski definition) is 2. The molecule has 0 saturated carbocycles. The molecule has 3 heteroatoms. The van der Waals surface area contributed by atoms with Gasteiger partial charge in [-0.25, -0.2) is 0 Å². The van der Waals surface area contributed by atoms with E-state index in [-0.39, 0.29) is 0 Å². The Hall–Kier alpha value is -1.51. The van der Waals surface area contributed by atoms with Crippen molar-refractivity contribution in [2.24, 2.45) is 10.9 Å². The molecule has 0 aliphatic rings. The van der Waals surface area contributed by atoms with Crippen LogP contribution in [0, 0.1) is 5.92 Å². The Morgan fingerprint density at radius 3 is 2.37 bits per heavy atom. The van der Waals surface area contributed by atoms with Crippen molar-refractivity contribution in [1.29, 1.82) is 0 Å². The summed E-state index contributed by atoms with van der Waals surface area (Å²) in [5, 5.41) is 6.77. The first-order chi connectivity index (χ1) is 9.11. The minimum Gasteiger partial charge on any atom is -0.354 e. The Labute approximate surface area is 117 Å². The molecule has 3 nitrogen and oxygen atoms in total. The zero-order chi connectivity index (χ0) is 14.1. The molecule has 0 aliphatic heterocycles. The molecule has 2 N–H and O–H groups in total. The third-order valence-corrected chi connectivity index (χ3v) is 3.09. The standard InChI is InChI=1S/C16H27N3/c1-13(2)10-11-14(3)19-16(17-4)18-12-15-8-6-5-7-9-15/h5-9,13-14H,10-12H2,1-4H3,(H2,17,18,19). The maximum atomic E-state index is 4.26. The van der Waals surface area contributed by atoms with Crippen molar-refractivity contribution >= 4 is 5.96 Å². The molecule has 0 aromatic heterocycles. The van der Waals surface area contributed by atoms with Crippen molar-refractivity contribution in [3.8, 4) is 0 Å². The molecule has 0 radical (unpaired) electrons. The highest BCUT2D eigenvalue weighted by Gasteiger charge is 2.06. The average molecular weight is 261 g/mol. The van der Waals surface area contributed by atoms with Crippen molar-refractivity contribution in [3.05, 3.63) is 35.9 Å². The first-order valence-corrected chi connectivity index (χ1v) is 7.13. The monoisotopic (exact) mass is 261 g/mol. The van der Waals surface area contributed by atoms with E-state index in [1.807, 2.05) is 13.1 Å². The fourth-order valence-corrected chi connectivity index (χ4v) is 1.87. The zero-order valence-corrected chi connectivity index (χ0v) is 12.6. The van der Waals surface area contributed by atoms with Crippen molar-refractivity contribution in [1.82, 2.24) is 10.6 Å². The normalized spacial score (nSPS) is 13.4. The molecule has 1 atom stereocenters. The van der Waals surface area contributed by atoms with Gasteiger partial charge in [0.05, 0.1) is 0 Å². The van der Waals surface area contributed by atoms with Crippen molar-refractivity contribution in [3.63, 3.8) is 0 Å². The highest BCUT2D eigenvalue weighted by Crippen LogP contribution is 2.06. The van der Waals surface area contributed by atoms with E-state index >= 15 is 0 Å². The van der Waals surface area contributed by atoms with E-state index in [0.29, 0.717) is 6.04 Å². The van der Waals surface area contributed by atoms with Gasteiger partial charge >= 0.3 is 0 Å². The van der Waals surface area contributed by atoms with Gasteiger partial charge in [-0.15, -0.1) is 0 Å². The lowest BCUT2D eigenvalue weighted by molar-refractivity contribution is 0.489. The van der Waals surface area contributed by atoms with E-state index in [2.05, 4.69) is 60.7 Å². The van der Waals surface area contributed by atoms with E-state index < -0.39 is 0 Å². The summed E-state index contributed by atoms with van der Waals surface area (Å²) in [6, 6.07) is 10.8. The van der Waals surface area contributed by atoms with Crippen LogP contribution in [0.5, 0.6) is 0 Å². The highest BCUT2D eigenvalue weighted by molar-refractivity contribution is 5.79. The summed E-state index contributed by atoms with van der Waals surface area (Å²) < 4.78 is 0. The Bertz CT molecular complexity index is 371. The van der Waals surface area contributed by atoms with Gasteiger partial charge in [-0.05, 0) is 31.2 Å². The number of aliphatic imine (C=N–C) groups is 1. The van der Waals surface area contributed by atoms with Crippen LogP contribution < -0.4 is 10.6 Å². The quantitative estimate of drug-likeness (QED) is 0.609. The summed E-state index contributed by atoms with van der Waals surface area (Å²) in [6.45, 7) is 7.53. The SMILES string of the molecule is CN=C(NCc1ccccc1)NC(C)CCC(C)C. The molecule has 1 unspecified atom stereocenters. The summed E-state index contributed by atoms with van der Waals surface area (Å²) in [7, 11) is 1.81. The largest absolute Gasteiger partial charge is 0.354 e. The summed E-state index contributed by atoms with van der Waals surface area (Å²) in [4.78, 5) is 4.26. The van der Waals surface area contributed by atoms with Gasteiger partial charge < -0.3 is 10.6 Å². The van der Waals surface area contributed by atoms with Crippen LogP contribution in [0.25, 0.3) is 0 Å². The van der Waals surface area contributed by atoms with Crippen LogP contribution in [0.4, 0.5) is 0 Å². The second kappa shape index (κ2) is 8.57. The molecule has 1 aromatic carbocycles. The summed E-state index contributed by atoms with van der Waals surface area (Å²) in [5.74, 6) is 1.63. The number of nitrogens with one attached hydrogen (secondary N) is 2. The van der Waals surface area contributed by atoms with Crippen LogP contribution in [0.2, 0.25) is 0 Å². The van der Waals surface area contributed by atoms with Crippen LogP contribution in [0.1, 0.15) is 39.2 Å². The second-order valence-electron chi connectivity index (χ2n) is 5.43. The number of hydrogen-bond acceptors (Lipinski definition) is 1. The Balaban J connectivity index is 2.34. The third kappa shape index (κ3) is 6.85. The Morgan fingerprint density at radius 1 is 1.11 bits per heavy atom. The predicted molar refractivity (Wildman–Crippen MR) is 83.3 cm³/mol. The van der Waals surface area contributed by atoms with Crippen LogP contribution in [0.15, 0.2) is 35.3 Å². The smallest absolute Gasteiger partial charge is 0.191 e. The maximum Gasteiger partial charge on any atom is 0.191 e. The lowest BCUT2D eigenvalue weighted by atomic mass is 10.0. The molecule has 0 spiro atoms. The van der Waals surface area contributed by atoms with Gasteiger partial charge in [0.2, 0.25) is 0 Å². The Kier molecular flexibility index (Phi) is 7.01. The molecule has 19 heavy (non-hydrogen) atoms. The summed E-state index contributed by atoms with van der Waals surface area (Å²) in [6.07, 6.45) is 2.41. The van der Waals surface area contributed by atoms with E-state index in [1.165, 1.54) is 18.4 Å². The fraction of sp³-hybridized carbons (Fsp3) is 0.562. The molecule has 1 rings (SSSR count). The number of benzene rings is 1. The van der Waals surface area contributed by atoms with E-state index in [1.54, 1.807) is 0 Å². The highest BCUT2D eigenvalue weighted by atomic mass is 15.2. The number of guanidine groups is 1. The molecule has 0 fully saturated rings. The Morgan fingerprint density at radius 2 is 1.79 bits per heavy atom. The average Bonchev–Trinajstić information content (AvgIpc) is 2.42. The molecule has 0 saturated heterocycles. The molecule has 1 aromatic rings. The molecule has 0 heterocycles. The maximum absolute atomic E-state index is 4.26. The van der Waals surface area contributed by atoms with E-state index in [4.69, 9.17) is 0 Å². The van der Waals surface area contributed by atoms with Crippen LogP contribution >= 0.6 is 0 Å². The van der Waals surface area contributed by atoms with Crippen molar-refractivity contribution in [2.75, 3.05) is 7.05 Å². The van der Waals surface area contributed by atoms with Gasteiger partial charge in [0, 0.05) is 19.6 Å². The van der Waals surface area contributed by atoms with Crippen LogP contribution in [0.3, 0.4) is 0 Å². The summed E-state index contributed by atoms with van der Waals surface area (Å²) in [5.41, 5.74) is 1.26. The van der Waals surface area contributed by atoms with Gasteiger partial charge in [0.1, 0.15) is 0 Å². The number of nitrogens with zero attached hydrogens (tertiary/aromatic N) is 1. The van der Waals surface area contributed by atoms with E-state index in [9.17, 15) is 0 Å². The van der Waals surface area contributed by atoms with Gasteiger partial charge in [0.15, 0.2) is 5.96 Å². The van der Waals surface area contributed by atoms with E-state index in [0.717, 1.165) is 18.4 Å². The van der Waals surface area contributed by atoms with Crippen molar-refractivity contribution < 1.29 is 0 Å². The van der Waals surface area contributed by atoms with Gasteiger partial charge in [-0.1, -0.05) is 44.2 Å². The number of rotatable bonds is 6. The molecule has 0 amide bonds. The minimum absolute atomic E-state index is 0.448. The lowest BCUT2D eigenvalue weighted by Crippen LogP contribution is -2.41. The topological polar surface area (TPSA) is 36.4 Å². The van der Waals surface area contributed by atoms with Crippen molar-refractivity contribution in [2.45, 2.75) is 46.2 Å². The summed E-state index contributed by atoms with van der Waals surface area (Å²) >= 11 is 0. The van der Waals surface area contributed by atoms with Gasteiger partial charge in [0.25, 0.3) is 0 Å². The molecule has 106 valence electrons.